The number of aromatic nitrogens is 4. The Balaban J connectivity index is 2.06. The lowest BCUT2D eigenvalue weighted by Crippen LogP contribution is -2.06. The minimum Gasteiger partial charge on any atom is -0.369 e. The van der Waals surface area contributed by atoms with Crippen LogP contribution in [0.1, 0.15) is 18.2 Å². The molecule has 5 nitrogen and oxygen atoms in total. The Labute approximate surface area is 107 Å². The minimum absolute atomic E-state index is 0.148. The first-order valence-corrected chi connectivity index (χ1v) is 5.63. The maximum atomic E-state index is 12.4. The molecule has 0 fully saturated rings. The van der Waals surface area contributed by atoms with Crippen LogP contribution in [0.25, 0.3) is 0 Å². The zero-order valence-corrected chi connectivity index (χ0v) is 10.1. The molecule has 0 aromatic carbocycles. The maximum Gasteiger partial charge on any atom is 0.419 e. The monoisotopic (exact) mass is 271 g/mol. The van der Waals surface area contributed by atoms with Gasteiger partial charge in [0.15, 0.2) is 0 Å². The van der Waals surface area contributed by atoms with Gasteiger partial charge in [0.05, 0.1) is 36.4 Å². The summed E-state index contributed by atoms with van der Waals surface area (Å²) in [6.45, 7) is 2.80. The number of halogens is 3. The fraction of sp³-hybridized carbons (Fsp3) is 0.364. The van der Waals surface area contributed by atoms with Gasteiger partial charge in [-0.05, 0) is 6.92 Å². The third-order valence-corrected chi connectivity index (χ3v) is 2.35. The molecule has 8 heteroatoms. The van der Waals surface area contributed by atoms with Gasteiger partial charge in [-0.25, -0.2) is 4.98 Å². The van der Waals surface area contributed by atoms with Gasteiger partial charge in [0.25, 0.3) is 0 Å². The first-order chi connectivity index (χ1) is 8.99. The molecule has 0 saturated heterocycles. The maximum absolute atomic E-state index is 12.4. The van der Waals surface area contributed by atoms with Crippen molar-refractivity contribution in [1.29, 1.82) is 0 Å². The Kier molecular flexibility index (Phi) is 3.68. The van der Waals surface area contributed by atoms with Crippen molar-refractivity contribution < 1.29 is 13.2 Å². The minimum atomic E-state index is -4.38. The molecule has 2 rings (SSSR count). The molecule has 19 heavy (non-hydrogen) atoms. The molecule has 0 saturated carbocycles. The van der Waals surface area contributed by atoms with Crippen LogP contribution in [0, 0.1) is 0 Å². The average molecular weight is 271 g/mol. The molecule has 0 amide bonds. The lowest BCUT2D eigenvalue weighted by molar-refractivity contribution is -0.137. The molecule has 0 atom stereocenters. The Morgan fingerprint density at radius 2 is 2.00 bits per heavy atom. The molecule has 1 N–H and O–H groups in total. The van der Waals surface area contributed by atoms with E-state index in [1.54, 1.807) is 0 Å². The van der Waals surface area contributed by atoms with Crippen molar-refractivity contribution in [3.05, 3.63) is 36.0 Å². The normalized spacial score (nSPS) is 11.6. The number of hydrogen-bond acceptors (Lipinski definition) is 4. The van der Waals surface area contributed by atoms with E-state index in [0.717, 1.165) is 18.9 Å². The molecule has 0 aliphatic carbocycles. The molecule has 102 valence electrons. The summed E-state index contributed by atoms with van der Waals surface area (Å²) < 4.78 is 38.3. The molecule has 0 radical (unpaired) electrons. The predicted octanol–water partition coefficient (Wildman–Crippen LogP) is 2.17. The topological polar surface area (TPSA) is 55.6 Å². The van der Waals surface area contributed by atoms with Gasteiger partial charge < -0.3 is 5.32 Å². The number of nitrogens with zero attached hydrogens (tertiary/aromatic N) is 4. The molecule has 0 aliphatic heterocycles. The lowest BCUT2D eigenvalue weighted by atomic mass is 10.3. The van der Waals surface area contributed by atoms with Crippen molar-refractivity contribution in [3.8, 4) is 0 Å². The van der Waals surface area contributed by atoms with Gasteiger partial charge >= 0.3 is 6.18 Å². The third-order valence-electron chi connectivity index (χ3n) is 2.35. The van der Waals surface area contributed by atoms with Crippen molar-refractivity contribution in [2.45, 2.75) is 19.6 Å². The van der Waals surface area contributed by atoms with Crippen LogP contribution in [0.2, 0.25) is 0 Å². The fourth-order valence-electron chi connectivity index (χ4n) is 1.47. The third kappa shape index (κ3) is 3.43. The molecule has 0 spiro atoms. The van der Waals surface area contributed by atoms with Crippen LogP contribution in [0.15, 0.2) is 24.8 Å². The molecule has 2 aromatic heterocycles. The highest BCUT2D eigenvalue weighted by atomic mass is 19.4. The Morgan fingerprint density at radius 1 is 1.21 bits per heavy atom. The van der Waals surface area contributed by atoms with E-state index in [2.05, 4.69) is 20.4 Å². The van der Waals surface area contributed by atoms with Gasteiger partial charge in [-0.1, -0.05) is 0 Å². The fourth-order valence-corrected chi connectivity index (χ4v) is 1.47. The van der Waals surface area contributed by atoms with Crippen LogP contribution in [0.3, 0.4) is 0 Å². The second-order valence-corrected chi connectivity index (χ2v) is 3.85. The van der Waals surface area contributed by atoms with Gasteiger partial charge in [-0.15, -0.1) is 0 Å². The van der Waals surface area contributed by atoms with E-state index in [-0.39, 0.29) is 6.54 Å². The Morgan fingerprint density at radius 3 is 2.53 bits per heavy atom. The van der Waals surface area contributed by atoms with Crippen LogP contribution >= 0.6 is 0 Å². The summed E-state index contributed by atoms with van der Waals surface area (Å²) in [6, 6.07) is 0. The van der Waals surface area contributed by atoms with Crippen molar-refractivity contribution in [1.82, 2.24) is 19.7 Å². The summed E-state index contributed by atoms with van der Waals surface area (Å²) in [5.41, 5.74) is -0.233. The number of anilines is 1. The molecule has 0 unspecified atom stereocenters. The lowest BCUT2D eigenvalue weighted by Gasteiger charge is -2.04. The molecule has 2 heterocycles. The summed E-state index contributed by atoms with van der Waals surface area (Å²) in [6.07, 6.45) is 0.402. The first kappa shape index (κ1) is 13.3. The number of rotatable bonds is 4. The van der Waals surface area contributed by atoms with Crippen molar-refractivity contribution in [2.75, 3.05) is 11.9 Å². The summed E-state index contributed by atoms with van der Waals surface area (Å²) in [5.74, 6) is 0.627. The van der Waals surface area contributed by atoms with E-state index < -0.39 is 11.7 Å². The SMILES string of the molecule is CCNc1cnc(Cn2cc(C(F)(F)F)cn2)cn1. The van der Waals surface area contributed by atoms with E-state index in [0.29, 0.717) is 11.5 Å². The summed E-state index contributed by atoms with van der Waals surface area (Å²) >= 11 is 0. The number of hydrogen-bond donors (Lipinski definition) is 1. The van der Waals surface area contributed by atoms with Crippen LogP contribution in [-0.2, 0) is 12.7 Å². The van der Waals surface area contributed by atoms with Crippen LogP contribution < -0.4 is 5.32 Å². The van der Waals surface area contributed by atoms with Gasteiger partial charge in [-0.3, -0.25) is 9.67 Å². The first-order valence-electron chi connectivity index (χ1n) is 5.63. The highest BCUT2D eigenvalue weighted by Crippen LogP contribution is 2.28. The van der Waals surface area contributed by atoms with Crippen LogP contribution in [0.4, 0.5) is 19.0 Å². The smallest absolute Gasteiger partial charge is 0.369 e. The van der Waals surface area contributed by atoms with E-state index in [9.17, 15) is 13.2 Å². The van der Waals surface area contributed by atoms with Gasteiger partial charge in [0.2, 0.25) is 0 Å². The summed E-state index contributed by atoms with van der Waals surface area (Å²) in [5, 5.41) is 6.63. The van der Waals surface area contributed by atoms with E-state index in [1.807, 2.05) is 6.92 Å². The zero-order chi connectivity index (χ0) is 13.9. The molecule has 2 aromatic rings. The standard InChI is InChI=1S/C11H12F3N5/c1-2-15-10-5-16-9(4-17-10)7-19-6-8(3-18-19)11(12,13)14/h3-6H,2,7H2,1H3,(H,15,17). The highest BCUT2D eigenvalue weighted by molar-refractivity contribution is 5.30. The second-order valence-electron chi connectivity index (χ2n) is 3.85. The van der Waals surface area contributed by atoms with Gasteiger partial charge in [0, 0.05) is 12.7 Å². The average Bonchev–Trinajstić information content (AvgIpc) is 2.80. The molecule has 0 aliphatic rings. The van der Waals surface area contributed by atoms with E-state index in [4.69, 9.17) is 0 Å². The zero-order valence-electron chi connectivity index (χ0n) is 10.1. The quantitative estimate of drug-likeness (QED) is 0.926. The van der Waals surface area contributed by atoms with Gasteiger partial charge in [-0.2, -0.15) is 18.3 Å². The van der Waals surface area contributed by atoms with Crippen LogP contribution in [0.5, 0.6) is 0 Å². The highest BCUT2D eigenvalue weighted by Gasteiger charge is 2.32. The largest absolute Gasteiger partial charge is 0.419 e. The Hall–Kier alpha value is -2.12. The van der Waals surface area contributed by atoms with Gasteiger partial charge in [0.1, 0.15) is 5.82 Å². The van der Waals surface area contributed by atoms with Crippen molar-refractivity contribution in [2.24, 2.45) is 0 Å². The van der Waals surface area contributed by atoms with E-state index >= 15 is 0 Å². The van der Waals surface area contributed by atoms with Crippen molar-refractivity contribution in [3.63, 3.8) is 0 Å². The molecule has 0 bridgehead atoms. The predicted molar refractivity (Wildman–Crippen MR) is 62.5 cm³/mol. The summed E-state index contributed by atoms with van der Waals surface area (Å²) in [7, 11) is 0. The van der Waals surface area contributed by atoms with E-state index in [1.165, 1.54) is 17.1 Å². The summed E-state index contributed by atoms with van der Waals surface area (Å²) in [4.78, 5) is 8.18. The Bertz CT molecular complexity index is 532. The van der Waals surface area contributed by atoms with Crippen molar-refractivity contribution >= 4 is 5.82 Å². The number of alkyl halides is 3. The second kappa shape index (κ2) is 5.25. The number of nitrogens with one attached hydrogen (secondary N) is 1. The molecular formula is C11H12F3N5. The molecular weight excluding hydrogens is 259 g/mol. The van der Waals surface area contributed by atoms with Crippen LogP contribution in [-0.4, -0.2) is 26.3 Å².